The highest BCUT2D eigenvalue weighted by atomic mass is 35.5. The van der Waals surface area contributed by atoms with Crippen molar-refractivity contribution in [2.45, 2.75) is 51.4 Å². The van der Waals surface area contributed by atoms with Gasteiger partial charge >= 0.3 is 23.9 Å². The Bertz CT molecular complexity index is 1220. The van der Waals surface area contributed by atoms with Gasteiger partial charge in [-0.1, -0.05) is 69.6 Å². The number of ether oxygens (including phenoxy) is 4. The predicted octanol–water partition coefficient (Wildman–Crippen LogP) is 8.17. The van der Waals surface area contributed by atoms with Crippen molar-refractivity contribution in [1.29, 1.82) is 0 Å². The molecule has 0 atom stereocenters. The van der Waals surface area contributed by atoms with Gasteiger partial charge in [0.25, 0.3) is 0 Å². The summed E-state index contributed by atoms with van der Waals surface area (Å²) in [6.07, 6.45) is 2.75. The molecule has 0 aliphatic carbocycles. The molecule has 0 aliphatic rings. The maximum absolute atomic E-state index is 12.7. The average Bonchev–Trinajstić information content (AvgIpc) is 2.91. The van der Waals surface area contributed by atoms with E-state index in [0.717, 1.165) is 0 Å². The highest BCUT2D eigenvalue weighted by molar-refractivity contribution is 6.46. The minimum Gasteiger partial charge on any atom is -0.488 e. The smallest absolute Gasteiger partial charge is 0.423 e. The number of hydrogen-bond acceptors (Lipinski definition) is 8. The molecule has 0 radical (unpaired) electrons. The second kappa shape index (κ2) is 17.7. The number of aliphatic carboxylic acids is 2. The van der Waals surface area contributed by atoms with Crippen molar-refractivity contribution in [2.24, 2.45) is 0 Å². The first-order valence-electron chi connectivity index (χ1n) is 12.3. The third-order valence-electron chi connectivity index (χ3n) is 5.29. The fourth-order valence-corrected chi connectivity index (χ4v) is 4.65. The topological polar surface area (TPSA) is 146 Å². The van der Waals surface area contributed by atoms with E-state index in [1.54, 1.807) is 0 Å². The fourth-order valence-electron chi connectivity index (χ4n) is 3.29. The number of carbonyl (C=O) groups is 4. The summed E-state index contributed by atoms with van der Waals surface area (Å²) >= 11 is 37.0. The number of halogens is 6. The first-order chi connectivity index (χ1) is 19.8. The maximum atomic E-state index is 12.7. The third kappa shape index (κ3) is 11.1. The highest BCUT2D eigenvalue weighted by Gasteiger charge is 2.29. The van der Waals surface area contributed by atoms with Crippen LogP contribution in [0.1, 0.15) is 51.4 Å². The van der Waals surface area contributed by atoms with Crippen LogP contribution in [-0.2, 0) is 19.2 Å². The van der Waals surface area contributed by atoms with E-state index in [-0.39, 0.29) is 67.7 Å². The van der Waals surface area contributed by atoms with E-state index < -0.39 is 35.4 Å². The van der Waals surface area contributed by atoms with Gasteiger partial charge < -0.3 is 29.2 Å². The normalized spacial score (nSPS) is 10.7. The number of esters is 2. The van der Waals surface area contributed by atoms with E-state index in [1.807, 2.05) is 0 Å². The molecule has 230 valence electrons. The van der Waals surface area contributed by atoms with Crippen LogP contribution in [0.3, 0.4) is 0 Å². The average molecular weight is 709 g/mol. The minimum absolute atomic E-state index is 0.00286. The van der Waals surface area contributed by atoms with Gasteiger partial charge in [-0.25, -0.2) is 9.59 Å². The Morgan fingerprint density at radius 3 is 1.21 bits per heavy atom. The van der Waals surface area contributed by atoms with Crippen molar-refractivity contribution in [3.63, 3.8) is 0 Å². The van der Waals surface area contributed by atoms with E-state index in [4.69, 9.17) is 98.8 Å². The zero-order chi connectivity index (χ0) is 31.4. The molecule has 2 N–H and O–H groups in total. The molecule has 0 saturated carbocycles. The Morgan fingerprint density at radius 2 is 0.881 bits per heavy atom. The van der Waals surface area contributed by atoms with Crippen LogP contribution in [0.25, 0.3) is 0 Å². The molecule has 2 aromatic rings. The van der Waals surface area contributed by atoms with E-state index >= 15 is 0 Å². The fraction of sp³-hybridized carbons (Fsp3) is 0.385. The first kappa shape index (κ1) is 35.9. The molecular formula is C26H24Cl6O10. The van der Waals surface area contributed by atoms with Crippen LogP contribution in [0, 0.1) is 0 Å². The molecule has 42 heavy (non-hydrogen) atoms. The Balaban J connectivity index is 2.16. The van der Waals surface area contributed by atoms with E-state index in [2.05, 4.69) is 0 Å². The van der Waals surface area contributed by atoms with Crippen LogP contribution in [0.5, 0.6) is 23.0 Å². The van der Waals surface area contributed by atoms with Gasteiger partial charge in [-0.15, -0.1) is 0 Å². The third-order valence-corrected chi connectivity index (χ3v) is 7.39. The lowest BCUT2D eigenvalue weighted by atomic mass is 10.2. The van der Waals surface area contributed by atoms with E-state index in [1.165, 1.54) is 12.1 Å². The second-order valence-corrected chi connectivity index (χ2v) is 10.9. The standard InChI is InChI=1S/C26H24Cl6O10/c27-13-11-15(29)21(23(19(13)31)39-9-5-1-3-7-17(33)34)41-25(37)26(38)42-22-16(30)12-14(28)20(32)24(22)40-10-6-2-4-8-18(35)36/h11-12H,1-10H2,(H,33,34)(H,35,36). The largest absolute Gasteiger partial charge is 0.488 e. The summed E-state index contributed by atoms with van der Waals surface area (Å²) in [6.45, 7) is 0.0851. The zero-order valence-electron chi connectivity index (χ0n) is 21.7. The van der Waals surface area contributed by atoms with Crippen molar-refractivity contribution >= 4 is 93.5 Å². The highest BCUT2D eigenvalue weighted by Crippen LogP contribution is 2.47. The maximum Gasteiger partial charge on any atom is 0.423 e. The van der Waals surface area contributed by atoms with Crippen molar-refractivity contribution < 1.29 is 48.3 Å². The van der Waals surface area contributed by atoms with Crippen molar-refractivity contribution in [3.05, 3.63) is 42.3 Å². The molecule has 0 unspecified atom stereocenters. The molecule has 0 fully saturated rings. The second-order valence-electron chi connectivity index (χ2n) is 8.51. The number of hydrogen-bond donors (Lipinski definition) is 2. The van der Waals surface area contributed by atoms with Gasteiger partial charge in [0, 0.05) is 12.8 Å². The molecule has 0 amide bonds. The van der Waals surface area contributed by atoms with Gasteiger partial charge in [0.15, 0.2) is 23.0 Å². The molecule has 0 bridgehead atoms. The van der Waals surface area contributed by atoms with Crippen LogP contribution < -0.4 is 18.9 Å². The molecule has 2 rings (SSSR count). The quantitative estimate of drug-likeness (QED) is 0.0576. The van der Waals surface area contributed by atoms with Crippen LogP contribution in [0.4, 0.5) is 0 Å². The molecule has 16 heteroatoms. The van der Waals surface area contributed by atoms with Crippen molar-refractivity contribution in [1.82, 2.24) is 0 Å². The Labute approximate surface area is 270 Å². The van der Waals surface area contributed by atoms with Gasteiger partial charge in [0.2, 0.25) is 0 Å². The van der Waals surface area contributed by atoms with Crippen LogP contribution >= 0.6 is 69.6 Å². The summed E-state index contributed by atoms with van der Waals surface area (Å²) in [7, 11) is 0. The Hall–Kier alpha value is -2.34. The summed E-state index contributed by atoms with van der Waals surface area (Å²) in [5.41, 5.74) is 0. The predicted molar refractivity (Wildman–Crippen MR) is 157 cm³/mol. The number of benzene rings is 2. The summed E-state index contributed by atoms with van der Waals surface area (Å²) in [5.74, 6) is -6.16. The number of carbonyl (C=O) groups excluding carboxylic acids is 2. The SMILES string of the molecule is O=C(O)CCCCCOc1c(Cl)c(Cl)cc(Cl)c1OC(=O)C(=O)Oc1c(Cl)cc(Cl)c(Cl)c1OCCCCCC(=O)O. The number of unbranched alkanes of at least 4 members (excludes halogenated alkanes) is 4. The summed E-state index contributed by atoms with van der Waals surface area (Å²) in [4.78, 5) is 46.8. The van der Waals surface area contributed by atoms with Gasteiger partial charge in [-0.05, 0) is 50.7 Å². The van der Waals surface area contributed by atoms with E-state index in [9.17, 15) is 19.2 Å². The van der Waals surface area contributed by atoms with Gasteiger partial charge in [-0.3, -0.25) is 9.59 Å². The molecule has 0 aromatic heterocycles. The van der Waals surface area contributed by atoms with Crippen molar-refractivity contribution in [3.8, 4) is 23.0 Å². The molecule has 0 aliphatic heterocycles. The number of carboxylic acids is 2. The molecule has 0 heterocycles. The van der Waals surface area contributed by atoms with Crippen LogP contribution in [-0.4, -0.2) is 47.3 Å². The summed E-state index contributed by atoms with van der Waals surface area (Å²) < 4.78 is 21.5. The Morgan fingerprint density at radius 1 is 0.524 bits per heavy atom. The monoisotopic (exact) mass is 706 g/mol. The summed E-state index contributed by atoms with van der Waals surface area (Å²) in [6, 6.07) is 2.36. The van der Waals surface area contributed by atoms with Gasteiger partial charge in [0.1, 0.15) is 10.0 Å². The van der Waals surface area contributed by atoms with Crippen molar-refractivity contribution in [2.75, 3.05) is 13.2 Å². The molecule has 0 saturated heterocycles. The van der Waals surface area contributed by atoms with Gasteiger partial charge in [0.05, 0.1) is 33.3 Å². The molecule has 0 spiro atoms. The van der Waals surface area contributed by atoms with Crippen LogP contribution in [0.15, 0.2) is 12.1 Å². The lowest BCUT2D eigenvalue weighted by Crippen LogP contribution is -2.26. The number of rotatable bonds is 16. The summed E-state index contributed by atoms with van der Waals surface area (Å²) in [5, 5.41) is 16.7. The lowest BCUT2D eigenvalue weighted by molar-refractivity contribution is -0.156. The van der Waals surface area contributed by atoms with Crippen LogP contribution in [0.2, 0.25) is 30.1 Å². The molecule has 10 nitrogen and oxygen atoms in total. The molecular weight excluding hydrogens is 685 g/mol. The minimum atomic E-state index is -1.54. The Kier molecular flexibility index (Phi) is 15.1. The lowest BCUT2D eigenvalue weighted by Gasteiger charge is -2.17. The van der Waals surface area contributed by atoms with E-state index in [0.29, 0.717) is 38.5 Å². The zero-order valence-corrected chi connectivity index (χ0v) is 26.2. The molecule has 2 aromatic carbocycles. The van der Waals surface area contributed by atoms with Gasteiger partial charge in [-0.2, -0.15) is 0 Å². The first-order valence-corrected chi connectivity index (χ1v) is 14.6. The number of carboxylic acid groups (broad SMARTS) is 2.